The second kappa shape index (κ2) is 7.75. The summed E-state index contributed by atoms with van der Waals surface area (Å²) in [5, 5.41) is 24.5. The topological polar surface area (TPSA) is 108 Å². The van der Waals surface area contributed by atoms with Crippen molar-refractivity contribution in [2.75, 3.05) is 19.0 Å². The third kappa shape index (κ3) is 4.54. The van der Waals surface area contributed by atoms with Crippen LogP contribution in [0.2, 0.25) is 0 Å². The maximum absolute atomic E-state index is 12.1. The van der Waals surface area contributed by atoms with Gasteiger partial charge in [-0.25, -0.2) is 5.43 Å². The van der Waals surface area contributed by atoms with Crippen molar-refractivity contribution in [2.45, 2.75) is 0 Å². The van der Waals surface area contributed by atoms with Gasteiger partial charge in [-0.05, 0) is 34.1 Å². The number of carbonyl (C=O) groups excluding carboxylic acids is 1. The third-order valence-electron chi connectivity index (χ3n) is 3.28. The van der Waals surface area contributed by atoms with Gasteiger partial charge in [0.25, 0.3) is 11.6 Å². The van der Waals surface area contributed by atoms with E-state index in [1.54, 1.807) is 18.2 Å². The number of nitro groups is 1. The molecule has 2 aromatic carbocycles. The smallest absolute Gasteiger partial charge is 0.271 e. The Balaban J connectivity index is 2.17. The fraction of sp³-hybridized carbons (Fsp3) is 0.125. The van der Waals surface area contributed by atoms with E-state index in [-0.39, 0.29) is 21.5 Å². The molecule has 2 aromatic rings. The molecule has 25 heavy (non-hydrogen) atoms. The molecule has 0 saturated carbocycles. The predicted molar refractivity (Wildman–Crippen MR) is 98.3 cm³/mol. The maximum Gasteiger partial charge on any atom is 0.271 e. The molecule has 0 fully saturated rings. The number of nitrogens with one attached hydrogen (secondary N) is 1. The van der Waals surface area contributed by atoms with E-state index in [0.717, 1.165) is 18.0 Å². The first kappa shape index (κ1) is 18.4. The lowest BCUT2D eigenvalue weighted by Gasteiger charge is -2.12. The maximum atomic E-state index is 12.1. The highest BCUT2D eigenvalue weighted by atomic mass is 79.9. The number of nitro benzene ring substituents is 1. The largest absolute Gasteiger partial charge is 0.506 e. The molecule has 0 aliphatic rings. The van der Waals surface area contributed by atoms with Crippen LogP contribution in [0.3, 0.4) is 0 Å². The zero-order valence-electron chi connectivity index (χ0n) is 13.4. The van der Waals surface area contributed by atoms with Gasteiger partial charge in [0.05, 0.1) is 15.6 Å². The summed E-state index contributed by atoms with van der Waals surface area (Å²) in [4.78, 5) is 24.2. The van der Waals surface area contributed by atoms with Crippen molar-refractivity contribution in [2.24, 2.45) is 5.10 Å². The van der Waals surface area contributed by atoms with E-state index in [4.69, 9.17) is 0 Å². The minimum Gasteiger partial charge on any atom is -0.506 e. The van der Waals surface area contributed by atoms with Gasteiger partial charge < -0.3 is 10.0 Å². The molecule has 0 saturated heterocycles. The Bertz CT molecular complexity index is 852. The predicted octanol–water partition coefficient (Wildman–Crippen LogP) is 2.89. The summed E-state index contributed by atoms with van der Waals surface area (Å²) in [5.74, 6) is -0.651. The quantitative estimate of drug-likeness (QED) is 0.450. The molecule has 0 bridgehead atoms. The molecule has 2 rings (SSSR count). The van der Waals surface area contributed by atoms with Gasteiger partial charge in [-0.3, -0.25) is 14.9 Å². The zero-order valence-corrected chi connectivity index (χ0v) is 15.0. The van der Waals surface area contributed by atoms with Crippen LogP contribution in [0.25, 0.3) is 0 Å². The van der Waals surface area contributed by atoms with Crippen LogP contribution in [0, 0.1) is 10.1 Å². The Labute approximate surface area is 152 Å². The average molecular weight is 407 g/mol. The number of hydrogen-bond acceptors (Lipinski definition) is 6. The molecule has 0 unspecified atom stereocenters. The van der Waals surface area contributed by atoms with Crippen LogP contribution in [0.5, 0.6) is 5.75 Å². The number of amides is 1. The first-order valence-electron chi connectivity index (χ1n) is 7.07. The number of carbonyl (C=O) groups is 1. The molecule has 130 valence electrons. The summed E-state index contributed by atoms with van der Waals surface area (Å²) in [6, 6.07) is 9.28. The van der Waals surface area contributed by atoms with Gasteiger partial charge in [0.15, 0.2) is 0 Å². The van der Waals surface area contributed by atoms with E-state index in [1.807, 2.05) is 25.1 Å². The van der Waals surface area contributed by atoms with Crippen LogP contribution in [0.1, 0.15) is 15.9 Å². The zero-order chi connectivity index (χ0) is 18.6. The van der Waals surface area contributed by atoms with E-state index in [1.165, 1.54) is 6.07 Å². The van der Waals surface area contributed by atoms with Crippen LogP contribution in [-0.2, 0) is 0 Å². The Hall–Kier alpha value is -2.94. The Morgan fingerprint density at radius 3 is 2.72 bits per heavy atom. The minimum atomic E-state index is -0.590. The summed E-state index contributed by atoms with van der Waals surface area (Å²) in [5.41, 5.74) is 3.48. The minimum absolute atomic E-state index is 0.100. The number of halogens is 1. The fourth-order valence-corrected chi connectivity index (χ4v) is 2.42. The van der Waals surface area contributed by atoms with E-state index in [9.17, 15) is 20.0 Å². The van der Waals surface area contributed by atoms with Crippen molar-refractivity contribution >= 4 is 39.4 Å². The highest BCUT2D eigenvalue weighted by Gasteiger charge is 2.14. The number of phenols is 1. The first-order chi connectivity index (χ1) is 11.8. The monoisotopic (exact) mass is 406 g/mol. The molecule has 9 heteroatoms. The molecule has 8 nitrogen and oxygen atoms in total. The molecule has 0 aliphatic carbocycles. The summed E-state index contributed by atoms with van der Waals surface area (Å²) in [7, 11) is 3.72. The highest BCUT2D eigenvalue weighted by molar-refractivity contribution is 9.10. The first-order valence-corrected chi connectivity index (χ1v) is 7.86. The molecular formula is C16H15BrN4O4. The molecule has 0 atom stereocenters. The fourth-order valence-electron chi connectivity index (χ4n) is 1.96. The van der Waals surface area contributed by atoms with Crippen molar-refractivity contribution in [3.63, 3.8) is 0 Å². The Kier molecular flexibility index (Phi) is 5.71. The van der Waals surface area contributed by atoms with E-state index >= 15 is 0 Å². The molecule has 0 heterocycles. The number of rotatable bonds is 5. The Morgan fingerprint density at radius 1 is 1.36 bits per heavy atom. The van der Waals surface area contributed by atoms with Crippen molar-refractivity contribution in [1.29, 1.82) is 0 Å². The van der Waals surface area contributed by atoms with Crippen molar-refractivity contribution in [3.8, 4) is 5.75 Å². The second-order valence-corrected chi connectivity index (χ2v) is 6.12. The van der Waals surface area contributed by atoms with Gasteiger partial charge in [-0.1, -0.05) is 6.07 Å². The molecule has 0 radical (unpaired) electrons. The molecule has 1 amide bonds. The number of phenolic OH excluding ortho intramolecular Hbond substituents is 1. The molecule has 0 aliphatic heterocycles. The van der Waals surface area contributed by atoms with Crippen LogP contribution in [0.4, 0.5) is 11.4 Å². The lowest BCUT2D eigenvalue weighted by molar-refractivity contribution is -0.385. The van der Waals surface area contributed by atoms with Crippen LogP contribution >= 0.6 is 15.9 Å². The van der Waals surface area contributed by atoms with Crippen molar-refractivity contribution in [1.82, 2.24) is 5.43 Å². The highest BCUT2D eigenvalue weighted by Crippen LogP contribution is 2.31. The number of benzene rings is 2. The number of hydrazone groups is 1. The van der Waals surface area contributed by atoms with Crippen molar-refractivity contribution in [3.05, 3.63) is 62.1 Å². The van der Waals surface area contributed by atoms with Crippen LogP contribution in [-0.4, -0.2) is 36.2 Å². The van der Waals surface area contributed by atoms with Gasteiger partial charge in [-0.15, -0.1) is 0 Å². The summed E-state index contributed by atoms with van der Waals surface area (Å²) >= 11 is 3.04. The van der Waals surface area contributed by atoms with Crippen LogP contribution in [0.15, 0.2) is 46.0 Å². The molecule has 0 aromatic heterocycles. The van der Waals surface area contributed by atoms with Gasteiger partial charge in [-0.2, -0.15) is 5.10 Å². The summed E-state index contributed by atoms with van der Waals surface area (Å²) in [6.45, 7) is 0. The Morgan fingerprint density at radius 2 is 2.08 bits per heavy atom. The summed E-state index contributed by atoms with van der Waals surface area (Å²) in [6.07, 6.45) is 1.14. The number of non-ortho nitro benzene ring substituents is 1. The van der Waals surface area contributed by atoms with Crippen molar-refractivity contribution < 1.29 is 14.8 Å². The van der Waals surface area contributed by atoms with Gasteiger partial charge in [0.2, 0.25) is 0 Å². The van der Waals surface area contributed by atoms with Gasteiger partial charge >= 0.3 is 0 Å². The number of hydrogen-bond donors (Lipinski definition) is 2. The lowest BCUT2D eigenvalue weighted by atomic mass is 10.2. The van der Waals surface area contributed by atoms with Crippen LogP contribution < -0.4 is 10.3 Å². The van der Waals surface area contributed by atoms with Gasteiger partial charge in [0, 0.05) is 43.0 Å². The third-order valence-corrected chi connectivity index (χ3v) is 3.89. The summed E-state index contributed by atoms with van der Waals surface area (Å²) < 4.78 is 0.160. The average Bonchev–Trinajstić information content (AvgIpc) is 2.58. The SMILES string of the molecule is CN(C)c1cccc(C(=O)N/N=C\c2cc([N+](=O)[O-])cc(Br)c2O)c1. The van der Waals surface area contributed by atoms with E-state index in [0.29, 0.717) is 5.56 Å². The van der Waals surface area contributed by atoms with Gasteiger partial charge in [0.1, 0.15) is 5.75 Å². The second-order valence-electron chi connectivity index (χ2n) is 5.27. The molecule has 0 spiro atoms. The van der Waals surface area contributed by atoms with E-state index in [2.05, 4.69) is 26.5 Å². The lowest BCUT2D eigenvalue weighted by Crippen LogP contribution is -2.18. The number of nitrogens with zero attached hydrogens (tertiary/aromatic N) is 3. The number of aromatic hydroxyl groups is 1. The normalized spacial score (nSPS) is 10.7. The molecule has 2 N–H and O–H groups in total. The number of anilines is 1. The van der Waals surface area contributed by atoms with E-state index < -0.39 is 10.8 Å². The standard InChI is InChI=1S/C16H15BrN4O4/c1-20(2)12-5-3-4-10(6-12)16(23)19-18-9-11-7-13(21(24)25)8-14(17)15(11)22/h3-9,22H,1-2H3,(H,19,23)/b18-9-. The molecular weight excluding hydrogens is 392 g/mol.